The fraction of sp³-hybridized carbons (Fsp3) is 0.538. The third kappa shape index (κ3) is 4.68. The number of fused-ring (bicyclic) bond motifs is 1. The van der Waals surface area contributed by atoms with Crippen molar-refractivity contribution in [1.29, 1.82) is 0 Å². The van der Waals surface area contributed by atoms with Crippen LogP contribution >= 0.6 is 0 Å². The van der Waals surface area contributed by atoms with Crippen LogP contribution < -0.4 is 4.90 Å². The van der Waals surface area contributed by atoms with Gasteiger partial charge in [0.15, 0.2) is 5.82 Å². The predicted octanol–water partition coefficient (Wildman–Crippen LogP) is 4.70. The van der Waals surface area contributed by atoms with Gasteiger partial charge in [-0.2, -0.15) is 5.10 Å². The van der Waals surface area contributed by atoms with E-state index in [1.54, 1.807) is 0 Å². The number of aryl methyl sites for hydroxylation is 2. The first-order chi connectivity index (χ1) is 16.6. The van der Waals surface area contributed by atoms with E-state index < -0.39 is 17.9 Å². The second-order valence-electron chi connectivity index (χ2n) is 10.6. The Kier molecular flexibility index (Phi) is 5.89. The molecule has 0 aliphatic carbocycles. The van der Waals surface area contributed by atoms with Crippen LogP contribution in [-0.2, 0) is 4.74 Å². The fourth-order valence-corrected chi connectivity index (χ4v) is 4.89. The van der Waals surface area contributed by atoms with E-state index in [-0.39, 0.29) is 12.5 Å². The van der Waals surface area contributed by atoms with Crippen molar-refractivity contribution in [2.45, 2.75) is 65.2 Å². The van der Waals surface area contributed by atoms with Crippen molar-refractivity contribution < 1.29 is 13.9 Å². The number of amides is 1. The Morgan fingerprint density at radius 2 is 1.83 bits per heavy atom. The molecule has 1 amide bonds. The first-order valence-corrected chi connectivity index (χ1v) is 12.3. The molecule has 2 fully saturated rings. The molecule has 0 radical (unpaired) electrons. The summed E-state index contributed by atoms with van der Waals surface area (Å²) in [6, 6.07) is 6.07. The van der Waals surface area contributed by atoms with Crippen LogP contribution in [0.5, 0.6) is 0 Å². The molecule has 0 saturated carbocycles. The lowest BCUT2D eigenvalue weighted by Crippen LogP contribution is -2.46. The smallest absolute Gasteiger partial charge is 0.410 e. The summed E-state index contributed by atoms with van der Waals surface area (Å²) in [6.07, 6.45) is 1.89. The third-order valence-electron chi connectivity index (χ3n) is 6.76. The quantitative estimate of drug-likeness (QED) is 0.541. The molecule has 2 saturated heterocycles. The molecule has 0 unspecified atom stereocenters. The van der Waals surface area contributed by atoms with E-state index in [0.717, 1.165) is 40.9 Å². The summed E-state index contributed by atoms with van der Waals surface area (Å²) in [7, 11) is 0. The zero-order valence-electron chi connectivity index (χ0n) is 21.1. The first-order valence-electron chi connectivity index (χ1n) is 12.3. The van der Waals surface area contributed by atoms with Crippen molar-refractivity contribution in [2.24, 2.45) is 0 Å². The van der Waals surface area contributed by atoms with Crippen molar-refractivity contribution in [2.75, 3.05) is 31.1 Å². The summed E-state index contributed by atoms with van der Waals surface area (Å²) in [5.41, 5.74) is 2.26. The molecule has 186 valence electrons. The standard InChI is InChI=1S/C26H33FN6O2/c1-16-11-18-14-28-33(24-13-23(29-17(2)30-24)31-8-6-9-31)22(18)12-20(16)19-7-10-32(15-21(19)27)25(34)35-26(3,4)5/h11-14,19,21H,6-10,15H2,1-5H3/t19-,21-/m1/s1. The van der Waals surface area contributed by atoms with Gasteiger partial charge < -0.3 is 14.5 Å². The van der Waals surface area contributed by atoms with Crippen LogP contribution in [-0.4, -0.2) is 68.7 Å². The minimum absolute atomic E-state index is 0.0284. The number of ether oxygens (including phenoxy) is 1. The Balaban J connectivity index is 1.44. The molecule has 0 bridgehead atoms. The maximum atomic E-state index is 15.4. The van der Waals surface area contributed by atoms with Gasteiger partial charge in [-0.1, -0.05) is 0 Å². The van der Waals surface area contributed by atoms with Gasteiger partial charge in [0.05, 0.1) is 18.3 Å². The van der Waals surface area contributed by atoms with Crippen LogP contribution in [0.1, 0.15) is 56.5 Å². The van der Waals surface area contributed by atoms with Gasteiger partial charge in [-0.15, -0.1) is 0 Å². The van der Waals surface area contributed by atoms with E-state index in [9.17, 15) is 4.79 Å². The van der Waals surface area contributed by atoms with Crippen LogP contribution in [0, 0.1) is 13.8 Å². The number of anilines is 1. The average molecular weight is 481 g/mol. The second-order valence-corrected chi connectivity index (χ2v) is 10.6. The number of aromatic nitrogens is 4. The summed E-state index contributed by atoms with van der Waals surface area (Å²) in [5, 5.41) is 5.59. The minimum atomic E-state index is -1.18. The molecular formula is C26H33FN6O2. The number of piperidine rings is 1. The van der Waals surface area contributed by atoms with Gasteiger partial charge in [-0.3, -0.25) is 0 Å². The van der Waals surface area contributed by atoms with E-state index in [1.165, 1.54) is 11.3 Å². The molecule has 4 heterocycles. The molecule has 2 aliphatic rings. The Hall–Kier alpha value is -3.23. The third-order valence-corrected chi connectivity index (χ3v) is 6.76. The summed E-state index contributed by atoms with van der Waals surface area (Å²) >= 11 is 0. The first kappa shape index (κ1) is 23.5. The molecule has 5 rings (SSSR count). The Morgan fingerprint density at radius 1 is 1.09 bits per heavy atom. The molecule has 35 heavy (non-hydrogen) atoms. The molecule has 2 aromatic heterocycles. The second kappa shape index (κ2) is 8.77. The van der Waals surface area contributed by atoms with Gasteiger partial charge in [0.2, 0.25) is 0 Å². The van der Waals surface area contributed by atoms with Crippen LogP contribution in [0.15, 0.2) is 24.4 Å². The highest BCUT2D eigenvalue weighted by molar-refractivity contribution is 5.82. The monoisotopic (exact) mass is 480 g/mol. The number of rotatable bonds is 3. The van der Waals surface area contributed by atoms with Crippen LogP contribution in [0.25, 0.3) is 16.7 Å². The highest BCUT2D eigenvalue weighted by atomic mass is 19.1. The van der Waals surface area contributed by atoms with Gasteiger partial charge in [0.25, 0.3) is 0 Å². The van der Waals surface area contributed by atoms with E-state index in [4.69, 9.17) is 4.74 Å². The van der Waals surface area contributed by atoms with Gasteiger partial charge in [0.1, 0.15) is 23.4 Å². The molecule has 3 aromatic rings. The Labute approximate surface area is 205 Å². The van der Waals surface area contributed by atoms with Gasteiger partial charge in [-0.05, 0) is 70.7 Å². The lowest BCUT2D eigenvalue weighted by molar-refractivity contribution is 0.0111. The number of hydrogen-bond acceptors (Lipinski definition) is 6. The highest BCUT2D eigenvalue weighted by Crippen LogP contribution is 2.35. The summed E-state index contributed by atoms with van der Waals surface area (Å²) in [4.78, 5) is 25.4. The van der Waals surface area contributed by atoms with Gasteiger partial charge in [0, 0.05) is 37.0 Å². The normalized spacial score (nSPS) is 20.7. The van der Waals surface area contributed by atoms with Crippen molar-refractivity contribution >= 4 is 22.8 Å². The lowest BCUT2D eigenvalue weighted by Gasteiger charge is -2.36. The van der Waals surface area contributed by atoms with E-state index in [2.05, 4.69) is 26.0 Å². The van der Waals surface area contributed by atoms with Gasteiger partial charge >= 0.3 is 6.09 Å². The largest absolute Gasteiger partial charge is 0.444 e. The summed E-state index contributed by atoms with van der Waals surface area (Å²) in [6.45, 7) is 11.8. The molecular weight excluding hydrogens is 447 g/mol. The van der Waals surface area contributed by atoms with Crippen LogP contribution in [0.4, 0.5) is 15.0 Å². The highest BCUT2D eigenvalue weighted by Gasteiger charge is 2.35. The maximum Gasteiger partial charge on any atom is 0.410 e. The van der Waals surface area contributed by atoms with E-state index in [0.29, 0.717) is 24.6 Å². The van der Waals surface area contributed by atoms with Crippen molar-refractivity contribution in [3.63, 3.8) is 0 Å². The SMILES string of the molecule is Cc1nc(N2CCC2)cc(-n2ncc3cc(C)c([C@H]4CCN(C(=O)OC(C)(C)C)C[C@H]4F)cc32)n1. The topological polar surface area (TPSA) is 76.4 Å². The number of alkyl halides is 1. The molecule has 1 aromatic carbocycles. The zero-order chi connectivity index (χ0) is 24.9. The Morgan fingerprint density at radius 3 is 2.49 bits per heavy atom. The number of carbonyl (C=O) groups excluding carboxylic acids is 1. The summed E-state index contributed by atoms with van der Waals surface area (Å²) < 4.78 is 22.7. The molecule has 9 heteroatoms. The summed E-state index contributed by atoms with van der Waals surface area (Å²) in [5.74, 6) is 2.01. The number of halogens is 1. The number of carbonyl (C=O) groups is 1. The zero-order valence-corrected chi connectivity index (χ0v) is 21.1. The Bertz CT molecular complexity index is 1260. The maximum absolute atomic E-state index is 15.4. The van der Waals surface area contributed by atoms with Crippen LogP contribution in [0.3, 0.4) is 0 Å². The molecule has 2 aliphatic heterocycles. The van der Waals surface area contributed by atoms with Crippen molar-refractivity contribution in [3.8, 4) is 5.82 Å². The predicted molar refractivity (Wildman–Crippen MR) is 133 cm³/mol. The van der Waals surface area contributed by atoms with Crippen molar-refractivity contribution in [3.05, 3.63) is 41.3 Å². The number of nitrogens with zero attached hydrogens (tertiary/aromatic N) is 6. The van der Waals surface area contributed by atoms with Crippen molar-refractivity contribution in [1.82, 2.24) is 24.6 Å². The van der Waals surface area contributed by atoms with Gasteiger partial charge in [-0.25, -0.2) is 23.8 Å². The molecule has 0 N–H and O–H groups in total. The average Bonchev–Trinajstić information content (AvgIpc) is 3.13. The number of benzene rings is 1. The van der Waals surface area contributed by atoms with Crippen LogP contribution in [0.2, 0.25) is 0 Å². The minimum Gasteiger partial charge on any atom is -0.444 e. The molecule has 2 atom stereocenters. The van der Waals surface area contributed by atoms with E-state index in [1.807, 2.05) is 57.6 Å². The molecule has 0 spiro atoms. The number of likely N-dealkylation sites (tertiary alicyclic amines) is 1. The fourth-order valence-electron chi connectivity index (χ4n) is 4.89. The van der Waals surface area contributed by atoms with E-state index >= 15 is 4.39 Å². The molecule has 8 nitrogen and oxygen atoms in total. The lowest BCUT2D eigenvalue weighted by atomic mass is 9.85. The number of hydrogen-bond donors (Lipinski definition) is 0.